The maximum atomic E-state index is 9.65. The van der Waals surface area contributed by atoms with Gasteiger partial charge in [0.25, 0.3) is 0 Å². The third-order valence-corrected chi connectivity index (χ3v) is 2.47. The Morgan fingerprint density at radius 3 is 2.54 bits per heavy atom. The van der Waals surface area contributed by atoms with Gasteiger partial charge in [-0.2, -0.15) is 0 Å². The lowest BCUT2D eigenvalue weighted by Gasteiger charge is -2.38. The molecule has 4 atom stereocenters. The Balaban J connectivity index is 2.59. The van der Waals surface area contributed by atoms with E-state index in [0.717, 1.165) is 0 Å². The molecule has 78 valence electrons. The van der Waals surface area contributed by atoms with Crippen molar-refractivity contribution in [2.24, 2.45) is 5.92 Å². The van der Waals surface area contributed by atoms with Gasteiger partial charge in [-0.15, -0.1) is 0 Å². The van der Waals surface area contributed by atoms with Crippen LogP contribution in [0.2, 0.25) is 0 Å². The van der Waals surface area contributed by atoms with Crippen molar-refractivity contribution >= 4 is 0 Å². The van der Waals surface area contributed by atoms with Crippen molar-refractivity contribution in [3.05, 3.63) is 0 Å². The van der Waals surface area contributed by atoms with Crippen LogP contribution in [-0.2, 0) is 9.47 Å². The molecule has 5 heteroatoms. The van der Waals surface area contributed by atoms with E-state index in [1.54, 1.807) is 0 Å². The molecule has 0 aromatic rings. The Labute approximate surface area is 76.9 Å². The van der Waals surface area contributed by atoms with E-state index in [9.17, 15) is 5.11 Å². The van der Waals surface area contributed by atoms with Crippen LogP contribution in [0, 0.1) is 5.92 Å². The molecule has 1 rings (SSSR count). The highest BCUT2D eigenvalue weighted by atomic mass is 16.6. The van der Waals surface area contributed by atoms with E-state index >= 15 is 0 Å². The summed E-state index contributed by atoms with van der Waals surface area (Å²) in [5.41, 5.74) is 0. The Morgan fingerprint density at radius 2 is 2.08 bits per heavy atom. The first-order chi connectivity index (χ1) is 6.24. The standard InChI is InChI=1S/C8H16O5/c1-12-7-4-13-6(3-10)5(2-9)8(7)11/h5-11H,2-4H2,1H3/t5?,6-,7?,8+/m1/s1. The van der Waals surface area contributed by atoms with Crippen molar-refractivity contribution in [3.63, 3.8) is 0 Å². The van der Waals surface area contributed by atoms with E-state index < -0.39 is 24.2 Å². The molecule has 0 aromatic heterocycles. The number of methoxy groups -OCH3 is 1. The number of ether oxygens (including phenoxy) is 2. The molecule has 0 amide bonds. The second-order valence-electron chi connectivity index (χ2n) is 3.17. The van der Waals surface area contributed by atoms with E-state index in [-0.39, 0.29) is 19.8 Å². The fourth-order valence-corrected chi connectivity index (χ4v) is 1.56. The molecular weight excluding hydrogens is 176 g/mol. The average molecular weight is 192 g/mol. The third kappa shape index (κ3) is 2.18. The fraction of sp³-hybridized carbons (Fsp3) is 1.00. The maximum Gasteiger partial charge on any atom is 0.107 e. The van der Waals surface area contributed by atoms with Gasteiger partial charge in [0.2, 0.25) is 0 Å². The highest BCUT2D eigenvalue weighted by Crippen LogP contribution is 2.22. The summed E-state index contributed by atoms with van der Waals surface area (Å²) in [4.78, 5) is 0. The summed E-state index contributed by atoms with van der Waals surface area (Å²) in [7, 11) is 1.48. The molecule has 1 fully saturated rings. The molecule has 0 aliphatic carbocycles. The number of hydrogen-bond donors (Lipinski definition) is 3. The topological polar surface area (TPSA) is 79.2 Å². The van der Waals surface area contributed by atoms with Crippen molar-refractivity contribution in [1.82, 2.24) is 0 Å². The highest BCUT2D eigenvalue weighted by molar-refractivity contribution is 4.86. The van der Waals surface area contributed by atoms with Gasteiger partial charge in [-0.3, -0.25) is 0 Å². The van der Waals surface area contributed by atoms with Crippen molar-refractivity contribution in [2.45, 2.75) is 18.3 Å². The van der Waals surface area contributed by atoms with Crippen molar-refractivity contribution in [3.8, 4) is 0 Å². The van der Waals surface area contributed by atoms with Crippen LogP contribution >= 0.6 is 0 Å². The average Bonchev–Trinajstić information content (AvgIpc) is 2.17. The van der Waals surface area contributed by atoms with Crippen LogP contribution in [0.15, 0.2) is 0 Å². The van der Waals surface area contributed by atoms with Gasteiger partial charge in [0.05, 0.1) is 32.0 Å². The molecule has 1 heterocycles. The van der Waals surface area contributed by atoms with Gasteiger partial charge in [-0.1, -0.05) is 0 Å². The van der Waals surface area contributed by atoms with Gasteiger partial charge in [-0.25, -0.2) is 0 Å². The second-order valence-corrected chi connectivity index (χ2v) is 3.17. The first-order valence-corrected chi connectivity index (χ1v) is 4.28. The van der Waals surface area contributed by atoms with Crippen LogP contribution in [0.3, 0.4) is 0 Å². The first kappa shape index (κ1) is 10.9. The minimum absolute atomic E-state index is 0.196. The first-order valence-electron chi connectivity index (χ1n) is 4.28. The SMILES string of the molecule is COC1CO[C@H](CO)C(CO)[C@@H]1O. The normalized spacial score (nSPS) is 40.6. The van der Waals surface area contributed by atoms with Gasteiger partial charge in [0.15, 0.2) is 0 Å². The molecule has 0 radical (unpaired) electrons. The number of aliphatic hydroxyl groups is 3. The molecule has 3 N–H and O–H groups in total. The molecule has 1 aliphatic heterocycles. The number of rotatable bonds is 3. The Morgan fingerprint density at radius 1 is 1.38 bits per heavy atom. The smallest absolute Gasteiger partial charge is 0.107 e. The molecule has 13 heavy (non-hydrogen) atoms. The van der Waals surface area contributed by atoms with Gasteiger partial charge in [-0.05, 0) is 0 Å². The Kier molecular flexibility index (Phi) is 4.08. The van der Waals surface area contributed by atoms with Gasteiger partial charge < -0.3 is 24.8 Å². The predicted octanol–water partition coefficient (Wildman–Crippen LogP) is -1.64. The van der Waals surface area contributed by atoms with Crippen LogP contribution in [0.4, 0.5) is 0 Å². The van der Waals surface area contributed by atoms with Gasteiger partial charge >= 0.3 is 0 Å². The maximum absolute atomic E-state index is 9.65. The zero-order chi connectivity index (χ0) is 9.84. The Hall–Kier alpha value is -0.200. The van der Waals surface area contributed by atoms with E-state index in [1.807, 2.05) is 0 Å². The summed E-state index contributed by atoms with van der Waals surface area (Å²) in [6.07, 6.45) is -1.69. The summed E-state index contributed by atoms with van der Waals surface area (Å²) in [6.45, 7) is -0.162. The highest BCUT2D eigenvalue weighted by Gasteiger charge is 2.38. The van der Waals surface area contributed by atoms with Crippen LogP contribution in [-0.4, -0.2) is 60.6 Å². The zero-order valence-corrected chi connectivity index (χ0v) is 7.59. The van der Waals surface area contributed by atoms with E-state index in [1.165, 1.54) is 7.11 Å². The summed E-state index contributed by atoms with van der Waals surface area (Å²) in [5.74, 6) is -0.469. The predicted molar refractivity (Wildman–Crippen MR) is 44.2 cm³/mol. The molecular formula is C8H16O5. The summed E-state index contributed by atoms with van der Waals surface area (Å²) in [6, 6.07) is 0. The number of hydrogen-bond acceptors (Lipinski definition) is 5. The number of aliphatic hydroxyl groups excluding tert-OH is 3. The van der Waals surface area contributed by atoms with Crippen LogP contribution in [0.1, 0.15) is 0 Å². The van der Waals surface area contributed by atoms with Gasteiger partial charge in [0, 0.05) is 13.0 Å². The summed E-state index contributed by atoms with van der Waals surface area (Å²) < 4.78 is 10.2. The molecule has 0 saturated carbocycles. The minimum atomic E-state index is -0.777. The molecule has 0 aromatic carbocycles. The minimum Gasteiger partial charge on any atom is -0.396 e. The van der Waals surface area contributed by atoms with Crippen LogP contribution in [0.5, 0.6) is 0 Å². The van der Waals surface area contributed by atoms with E-state index in [2.05, 4.69) is 0 Å². The van der Waals surface area contributed by atoms with Crippen molar-refractivity contribution in [2.75, 3.05) is 26.9 Å². The third-order valence-electron chi connectivity index (χ3n) is 2.47. The largest absolute Gasteiger partial charge is 0.396 e. The molecule has 0 spiro atoms. The van der Waals surface area contributed by atoms with Gasteiger partial charge in [0.1, 0.15) is 6.10 Å². The lowest BCUT2D eigenvalue weighted by atomic mass is 9.91. The fourth-order valence-electron chi connectivity index (χ4n) is 1.56. The Bertz CT molecular complexity index is 151. The van der Waals surface area contributed by atoms with Crippen molar-refractivity contribution < 1.29 is 24.8 Å². The lowest BCUT2D eigenvalue weighted by Crippen LogP contribution is -2.52. The second kappa shape index (κ2) is 4.88. The van der Waals surface area contributed by atoms with Crippen molar-refractivity contribution in [1.29, 1.82) is 0 Å². The van der Waals surface area contributed by atoms with E-state index in [0.29, 0.717) is 0 Å². The van der Waals surface area contributed by atoms with Crippen LogP contribution < -0.4 is 0 Å². The zero-order valence-electron chi connectivity index (χ0n) is 7.59. The lowest BCUT2D eigenvalue weighted by molar-refractivity contribution is -0.185. The molecule has 0 bridgehead atoms. The monoisotopic (exact) mass is 192 g/mol. The van der Waals surface area contributed by atoms with E-state index in [4.69, 9.17) is 19.7 Å². The van der Waals surface area contributed by atoms with Crippen LogP contribution in [0.25, 0.3) is 0 Å². The molecule has 1 saturated heterocycles. The molecule has 5 nitrogen and oxygen atoms in total. The molecule has 1 aliphatic rings. The summed E-state index contributed by atoms with van der Waals surface area (Å²) >= 11 is 0. The quantitative estimate of drug-likeness (QED) is 0.500. The molecule has 2 unspecified atom stereocenters. The summed E-state index contributed by atoms with van der Waals surface area (Å²) in [5, 5.41) is 27.5.